The van der Waals surface area contributed by atoms with Crippen molar-refractivity contribution in [1.82, 2.24) is 5.32 Å². The monoisotopic (exact) mass is 291 g/mol. The zero-order valence-electron chi connectivity index (χ0n) is 12.2. The van der Waals surface area contributed by atoms with E-state index in [2.05, 4.69) is 5.32 Å². The first-order valence-electron chi connectivity index (χ1n) is 6.52. The van der Waals surface area contributed by atoms with Crippen LogP contribution in [0.25, 0.3) is 0 Å². The number of aryl methyl sites for hydroxylation is 2. The fraction of sp³-hybridized carbons (Fsp3) is 0.333. The van der Waals surface area contributed by atoms with Crippen molar-refractivity contribution >= 4 is 11.9 Å². The lowest BCUT2D eigenvalue weighted by molar-refractivity contribution is -0.124. The summed E-state index contributed by atoms with van der Waals surface area (Å²) in [4.78, 5) is 23.6. The lowest BCUT2D eigenvalue weighted by atomic mass is 10.1. The molecule has 2 aromatic heterocycles. The minimum absolute atomic E-state index is 0.256. The Morgan fingerprint density at radius 2 is 2.00 bits per heavy atom. The van der Waals surface area contributed by atoms with Crippen molar-refractivity contribution in [2.24, 2.45) is 0 Å². The van der Waals surface area contributed by atoms with E-state index in [0.717, 1.165) is 5.56 Å². The van der Waals surface area contributed by atoms with Crippen molar-refractivity contribution in [3.63, 3.8) is 0 Å². The van der Waals surface area contributed by atoms with E-state index in [9.17, 15) is 9.59 Å². The fourth-order valence-electron chi connectivity index (χ4n) is 1.95. The summed E-state index contributed by atoms with van der Waals surface area (Å²) in [5.41, 5.74) is 1.11. The van der Waals surface area contributed by atoms with E-state index in [-0.39, 0.29) is 13.2 Å². The number of furan rings is 2. The molecule has 2 rings (SSSR count). The highest BCUT2D eigenvalue weighted by Crippen LogP contribution is 2.21. The van der Waals surface area contributed by atoms with Crippen LogP contribution in [0.15, 0.2) is 27.2 Å². The van der Waals surface area contributed by atoms with Crippen molar-refractivity contribution in [2.45, 2.75) is 27.3 Å². The average molecular weight is 291 g/mol. The highest BCUT2D eigenvalue weighted by Gasteiger charge is 2.20. The molecule has 2 heterocycles. The Kier molecular flexibility index (Phi) is 4.47. The number of amides is 1. The molecular weight excluding hydrogens is 274 g/mol. The van der Waals surface area contributed by atoms with E-state index in [1.54, 1.807) is 32.9 Å². The Morgan fingerprint density at radius 3 is 2.57 bits per heavy atom. The maximum atomic E-state index is 12.0. The second-order valence-corrected chi connectivity index (χ2v) is 4.65. The Hall–Kier alpha value is -2.50. The molecule has 0 aromatic carbocycles. The van der Waals surface area contributed by atoms with Gasteiger partial charge in [0, 0.05) is 5.56 Å². The van der Waals surface area contributed by atoms with Gasteiger partial charge in [-0.1, -0.05) is 0 Å². The van der Waals surface area contributed by atoms with Crippen LogP contribution in [-0.4, -0.2) is 18.5 Å². The van der Waals surface area contributed by atoms with Crippen LogP contribution in [0, 0.1) is 20.8 Å². The van der Waals surface area contributed by atoms with Crippen LogP contribution in [-0.2, 0) is 16.1 Å². The van der Waals surface area contributed by atoms with E-state index in [1.165, 1.54) is 6.26 Å². The van der Waals surface area contributed by atoms with E-state index >= 15 is 0 Å². The minimum atomic E-state index is -0.560. The molecule has 0 aliphatic heterocycles. The van der Waals surface area contributed by atoms with E-state index < -0.39 is 11.9 Å². The van der Waals surface area contributed by atoms with Gasteiger partial charge in [-0.15, -0.1) is 0 Å². The van der Waals surface area contributed by atoms with Crippen molar-refractivity contribution in [2.75, 3.05) is 6.61 Å². The third kappa shape index (κ3) is 3.53. The zero-order valence-corrected chi connectivity index (χ0v) is 12.2. The molecular formula is C15H17NO5. The molecule has 6 nitrogen and oxygen atoms in total. The molecule has 0 saturated heterocycles. The van der Waals surface area contributed by atoms with Crippen LogP contribution in [0.2, 0.25) is 0 Å². The number of hydrogen-bond donors (Lipinski definition) is 1. The van der Waals surface area contributed by atoms with Crippen molar-refractivity contribution in [1.29, 1.82) is 0 Å². The summed E-state index contributed by atoms with van der Waals surface area (Å²) < 4.78 is 15.4. The Balaban J connectivity index is 1.84. The molecule has 6 heteroatoms. The Morgan fingerprint density at radius 1 is 1.24 bits per heavy atom. The van der Waals surface area contributed by atoms with E-state index in [4.69, 9.17) is 13.6 Å². The molecule has 21 heavy (non-hydrogen) atoms. The molecule has 0 radical (unpaired) electrons. The predicted octanol–water partition coefficient (Wildman–Crippen LogP) is 2.27. The quantitative estimate of drug-likeness (QED) is 0.855. The molecule has 0 spiro atoms. The molecule has 0 unspecified atom stereocenters. The van der Waals surface area contributed by atoms with Gasteiger partial charge in [-0.3, -0.25) is 4.79 Å². The standard InChI is InChI=1S/C15H17NO5/c1-9-10(2)21-11(3)14(9)15(18)20-8-13(17)16-7-12-5-4-6-19-12/h4-6H,7-8H2,1-3H3,(H,16,17). The molecule has 0 atom stereocenters. The lowest BCUT2D eigenvalue weighted by Crippen LogP contribution is -2.28. The molecule has 2 aromatic rings. The third-order valence-corrected chi connectivity index (χ3v) is 3.14. The minimum Gasteiger partial charge on any atom is -0.467 e. The second-order valence-electron chi connectivity index (χ2n) is 4.65. The first-order valence-corrected chi connectivity index (χ1v) is 6.52. The summed E-state index contributed by atoms with van der Waals surface area (Å²) >= 11 is 0. The van der Waals surface area contributed by atoms with Crippen LogP contribution in [0.4, 0.5) is 0 Å². The van der Waals surface area contributed by atoms with Crippen LogP contribution in [0.5, 0.6) is 0 Å². The lowest BCUT2D eigenvalue weighted by Gasteiger charge is -2.05. The number of nitrogens with one attached hydrogen (secondary N) is 1. The number of carbonyl (C=O) groups is 2. The van der Waals surface area contributed by atoms with Crippen LogP contribution in [0.3, 0.4) is 0 Å². The summed E-state index contributed by atoms with van der Waals surface area (Å²) in [5.74, 6) is 0.838. The van der Waals surface area contributed by atoms with Gasteiger partial charge in [-0.25, -0.2) is 4.79 Å². The zero-order chi connectivity index (χ0) is 15.4. The molecule has 0 fully saturated rings. The van der Waals surface area contributed by atoms with Crippen molar-refractivity contribution < 1.29 is 23.2 Å². The summed E-state index contributed by atoms with van der Waals surface area (Å²) in [6, 6.07) is 3.47. The molecule has 0 saturated carbocycles. The molecule has 0 bridgehead atoms. The van der Waals surface area contributed by atoms with E-state index in [1.807, 2.05) is 0 Å². The largest absolute Gasteiger partial charge is 0.467 e. The SMILES string of the molecule is Cc1oc(C)c(C(=O)OCC(=O)NCc2ccco2)c1C. The predicted molar refractivity (Wildman–Crippen MR) is 73.8 cm³/mol. The van der Waals surface area contributed by atoms with Gasteiger partial charge < -0.3 is 18.9 Å². The molecule has 0 aliphatic carbocycles. The molecule has 1 N–H and O–H groups in total. The summed E-state index contributed by atoms with van der Waals surface area (Å²) in [7, 11) is 0. The van der Waals surface area contributed by atoms with Gasteiger partial charge in [0.2, 0.25) is 0 Å². The first kappa shape index (κ1) is 14.9. The van der Waals surface area contributed by atoms with Crippen LogP contribution >= 0.6 is 0 Å². The first-order chi connectivity index (χ1) is 9.99. The van der Waals surface area contributed by atoms with Crippen molar-refractivity contribution in [3.8, 4) is 0 Å². The van der Waals surface area contributed by atoms with Crippen LogP contribution in [0.1, 0.15) is 33.2 Å². The summed E-state index contributed by atoms with van der Waals surface area (Å²) in [6.45, 7) is 5.15. The normalized spacial score (nSPS) is 10.4. The van der Waals surface area contributed by atoms with Gasteiger partial charge in [0.1, 0.15) is 22.8 Å². The van der Waals surface area contributed by atoms with Crippen LogP contribution < -0.4 is 5.32 Å². The highest BCUT2D eigenvalue weighted by molar-refractivity contribution is 5.93. The fourth-order valence-corrected chi connectivity index (χ4v) is 1.95. The number of hydrogen-bond acceptors (Lipinski definition) is 5. The van der Waals surface area contributed by atoms with Gasteiger partial charge in [0.25, 0.3) is 5.91 Å². The summed E-state index contributed by atoms with van der Waals surface area (Å²) in [6.07, 6.45) is 1.52. The van der Waals surface area contributed by atoms with Gasteiger partial charge in [0.15, 0.2) is 6.61 Å². The Bertz CT molecular complexity index is 639. The maximum Gasteiger partial charge on any atom is 0.342 e. The molecule has 112 valence electrons. The van der Waals surface area contributed by atoms with Gasteiger partial charge >= 0.3 is 5.97 Å². The third-order valence-electron chi connectivity index (χ3n) is 3.14. The maximum absolute atomic E-state index is 12.0. The number of ether oxygens (including phenoxy) is 1. The second kappa shape index (κ2) is 6.30. The van der Waals surface area contributed by atoms with Gasteiger partial charge in [-0.2, -0.15) is 0 Å². The average Bonchev–Trinajstić information content (AvgIpc) is 3.03. The molecule has 1 amide bonds. The number of rotatable bonds is 5. The number of esters is 1. The summed E-state index contributed by atoms with van der Waals surface area (Å²) in [5, 5.41) is 2.59. The Labute approximate surface area is 122 Å². The van der Waals surface area contributed by atoms with Crippen molar-refractivity contribution in [3.05, 3.63) is 46.8 Å². The molecule has 0 aliphatic rings. The smallest absolute Gasteiger partial charge is 0.342 e. The van der Waals surface area contributed by atoms with Gasteiger partial charge in [-0.05, 0) is 32.9 Å². The number of carbonyl (C=O) groups excluding carboxylic acids is 2. The topological polar surface area (TPSA) is 81.7 Å². The highest BCUT2D eigenvalue weighted by atomic mass is 16.5. The van der Waals surface area contributed by atoms with E-state index in [0.29, 0.717) is 22.8 Å². The van der Waals surface area contributed by atoms with Gasteiger partial charge in [0.05, 0.1) is 12.8 Å².